The van der Waals surface area contributed by atoms with Crippen molar-refractivity contribution in [3.05, 3.63) is 95.0 Å². The van der Waals surface area contributed by atoms with Gasteiger partial charge in [0.2, 0.25) is 0 Å². The zero-order valence-corrected chi connectivity index (χ0v) is 16.6. The van der Waals surface area contributed by atoms with E-state index in [1.165, 1.54) is 13.2 Å². The molecule has 0 atom stereocenters. The van der Waals surface area contributed by atoms with Crippen LogP contribution in [0.25, 0.3) is 33.0 Å². The van der Waals surface area contributed by atoms with Crippen molar-refractivity contribution in [2.45, 2.75) is 0 Å². The van der Waals surface area contributed by atoms with Gasteiger partial charge in [-0.2, -0.15) is 0 Å². The third-order valence-corrected chi connectivity index (χ3v) is 5.21. The van der Waals surface area contributed by atoms with Gasteiger partial charge in [-0.25, -0.2) is 4.79 Å². The van der Waals surface area contributed by atoms with Gasteiger partial charge in [-0.05, 0) is 47.5 Å². The lowest BCUT2D eigenvalue weighted by atomic mass is 10.0. The van der Waals surface area contributed by atoms with Crippen LogP contribution in [0.15, 0.2) is 88.2 Å². The van der Waals surface area contributed by atoms with Gasteiger partial charge in [0.25, 0.3) is 5.91 Å². The number of aromatic amines is 1. The fourth-order valence-electron chi connectivity index (χ4n) is 3.74. The maximum atomic E-state index is 12.8. The molecule has 5 aromatic rings. The average molecular weight is 410 g/mol. The Balaban J connectivity index is 1.49. The monoisotopic (exact) mass is 410 g/mol. The summed E-state index contributed by atoms with van der Waals surface area (Å²) in [6.45, 7) is 0. The molecule has 0 bridgehead atoms. The van der Waals surface area contributed by atoms with Crippen LogP contribution in [0.4, 0.5) is 5.69 Å². The molecule has 0 radical (unpaired) electrons. The number of H-pyrrole nitrogens is 1. The number of hydrogen-bond donors (Lipinski definition) is 2. The third-order valence-electron chi connectivity index (χ3n) is 5.21. The highest BCUT2D eigenvalue weighted by atomic mass is 16.5. The summed E-state index contributed by atoms with van der Waals surface area (Å²) in [7, 11) is 1.50. The number of fused-ring (bicyclic) bond motifs is 2. The molecule has 0 aliphatic heterocycles. The normalized spacial score (nSPS) is 11.0. The van der Waals surface area contributed by atoms with Crippen molar-refractivity contribution in [1.29, 1.82) is 0 Å². The van der Waals surface area contributed by atoms with Crippen LogP contribution in [0, 0.1) is 0 Å². The van der Waals surface area contributed by atoms with Crippen molar-refractivity contribution in [3.63, 3.8) is 0 Å². The molecule has 31 heavy (non-hydrogen) atoms. The van der Waals surface area contributed by atoms with Crippen LogP contribution in [0.5, 0.6) is 5.75 Å². The zero-order chi connectivity index (χ0) is 21.4. The second-order valence-electron chi connectivity index (χ2n) is 7.11. The Kier molecular flexibility index (Phi) is 4.52. The molecule has 2 heterocycles. The second-order valence-corrected chi connectivity index (χ2v) is 7.11. The van der Waals surface area contributed by atoms with Gasteiger partial charge in [-0.15, -0.1) is 0 Å². The Morgan fingerprint density at radius 2 is 1.84 bits per heavy atom. The van der Waals surface area contributed by atoms with Crippen LogP contribution in [-0.4, -0.2) is 18.0 Å². The van der Waals surface area contributed by atoms with Gasteiger partial charge in [0, 0.05) is 28.2 Å². The van der Waals surface area contributed by atoms with Gasteiger partial charge in [0.15, 0.2) is 11.3 Å². The molecule has 152 valence electrons. The van der Waals surface area contributed by atoms with E-state index >= 15 is 0 Å². The predicted molar refractivity (Wildman–Crippen MR) is 121 cm³/mol. The standard InChI is InChI=1S/C25H18N2O4/c1-30-22-10-3-6-16-14-20(25(29)31-23(16)22)24(28)27-17-7-2-5-15(13-17)18-8-4-9-21-19(18)11-12-26-21/h2-14,26H,1H3,(H,27,28). The summed E-state index contributed by atoms with van der Waals surface area (Å²) in [5.74, 6) is -0.0938. The maximum Gasteiger partial charge on any atom is 0.349 e. The molecule has 0 fully saturated rings. The van der Waals surface area contributed by atoms with Crippen LogP contribution in [0.2, 0.25) is 0 Å². The number of aromatic nitrogens is 1. The number of nitrogens with one attached hydrogen (secondary N) is 2. The topological polar surface area (TPSA) is 84.3 Å². The summed E-state index contributed by atoms with van der Waals surface area (Å²) in [5, 5.41) is 4.51. The minimum Gasteiger partial charge on any atom is -0.493 e. The lowest BCUT2D eigenvalue weighted by Gasteiger charge is -2.09. The number of anilines is 1. The lowest BCUT2D eigenvalue weighted by Crippen LogP contribution is -2.20. The minimum atomic E-state index is -0.720. The molecule has 0 saturated heterocycles. The fraction of sp³-hybridized carbons (Fsp3) is 0.0400. The molecule has 0 saturated carbocycles. The number of hydrogen-bond acceptors (Lipinski definition) is 4. The predicted octanol–water partition coefficient (Wildman–Crippen LogP) is 5.20. The molecule has 5 rings (SSSR count). The summed E-state index contributed by atoms with van der Waals surface area (Å²) in [6.07, 6.45) is 1.90. The minimum absolute atomic E-state index is 0.0705. The van der Waals surface area contributed by atoms with Gasteiger partial charge in [-0.1, -0.05) is 36.4 Å². The van der Waals surface area contributed by atoms with E-state index in [2.05, 4.69) is 10.3 Å². The van der Waals surface area contributed by atoms with Gasteiger partial charge in [-0.3, -0.25) is 4.79 Å². The number of methoxy groups -OCH3 is 1. The van der Waals surface area contributed by atoms with E-state index in [0.29, 0.717) is 22.4 Å². The summed E-state index contributed by atoms with van der Waals surface area (Å²) in [4.78, 5) is 28.5. The van der Waals surface area contributed by atoms with Gasteiger partial charge < -0.3 is 19.5 Å². The summed E-state index contributed by atoms with van der Waals surface area (Å²) in [5.41, 5.74) is 3.15. The van der Waals surface area contributed by atoms with Crippen molar-refractivity contribution in [2.24, 2.45) is 0 Å². The molecule has 0 aliphatic carbocycles. The van der Waals surface area contributed by atoms with Crippen molar-refractivity contribution in [2.75, 3.05) is 12.4 Å². The summed E-state index contributed by atoms with van der Waals surface area (Å²) in [6, 6.07) is 22.3. The third kappa shape index (κ3) is 3.34. The van der Waals surface area contributed by atoms with E-state index in [4.69, 9.17) is 9.15 Å². The SMILES string of the molecule is COc1cccc2cc(C(=O)Nc3cccc(-c4cccc5[nH]ccc45)c3)c(=O)oc12. The number of amides is 1. The van der Waals surface area contributed by atoms with E-state index in [9.17, 15) is 9.59 Å². The Bertz CT molecular complexity index is 1500. The van der Waals surface area contributed by atoms with Crippen LogP contribution in [-0.2, 0) is 0 Å². The highest BCUT2D eigenvalue weighted by Gasteiger charge is 2.16. The van der Waals surface area contributed by atoms with Gasteiger partial charge in [0.05, 0.1) is 7.11 Å². The quantitative estimate of drug-likeness (QED) is 0.399. The van der Waals surface area contributed by atoms with E-state index < -0.39 is 11.5 Å². The molecule has 0 spiro atoms. The van der Waals surface area contributed by atoms with E-state index in [1.54, 1.807) is 24.3 Å². The van der Waals surface area contributed by atoms with E-state index in [0.717, 1.165) is 22.0 Å². The number of para-hydroxylation sites is 1. The fourth-order valence-corrected chi connectivity index (χ4v) is 3.74. The number of rotatable bonds is 4. The molecular weight excluding hydrogens is 392 g/mol. The molecule has 2 aromatic heterocycles. The molecule has 2 N–H and O–H groups in total. The van der Waals surface area contributed by atoms with E-state index in [-0.39, 0.29) is 5.56 Å². The first-order chi connectivity index (χ1) is 15.1. The first-order valence-electron chi connectivity index (χ1n) is 9.73. The Labute approximate surface area is 177 Å². The van der Waals surface area contributed by atoms with Crippen molar-refractivity contribution in [3.8, 4) is 16.9 Å². The number of ether oxygens (including phenoxy) is 1. The zero-order valence-electron chi connectivity index (χ0n) is 16.6. The van der Waals surface area contributed by atoms with E-state index in [1.807, 2.05) is 48.7 Å². The van der Waals surface area contributed by atoms with Crippen LogP contribution in [0.1, 0.15) is 10.4 Å². The highest BCUT2D eigenvalue weighted by molar-refractivity contribution is 6.06. The lowest BCUT2D eigenvalue weighted by molar-refractivity contribution is 0.102. The first kappa shape index (κ1) is 18.7. The molecule has 6 heteroatoms. The number of carbonyl (C=O) groups is 1. The summed E-state index contributed by atoms with van der Waals surface area (Å²) >= 11 is 0. The van der Waals surface area contributed by atoms with Crippen LogP contribution in [0.3, 0.4) is 0 Å². The van der Waals surface area contributed by atoms with Crippen molar-refractivity contribution >= 4 is 33.5 Å². The Morgan fingerprint density at radius 1 is 1.00 bits per heavy atom. The molecule has 6 nitrogen and oxygen atoms in total. The second kappa shape index (κ2) is 7.50. The Morgan fingerprint density at radius 3 is 2.71 bits per heavy atom. The molecular formula is C25H18N2O4. The molecule has 0 unspecified atom stereocenters. The molecule has 1 amide bonds. The highest BCUT2D eigenvalue weighted by Crippen LogP contribution is 2.30. The Hall–Kier alpha value is -4.32. The maximum absolute atomic E-state index is 12.8. The average Bonchev–Trinajstić information content (AvgIpc) is 3.27. The summed E-state index contributed by atoms with van der Waals surface area (Å²) < 4.78 is 10.6. The number of benzene rings is 3. The largest absolute Gasteiger partial charge is 0.493 e. The molecule has 0 aliphatic rings. The van der Waals surface area contributed by atoms with Crippen LogP contribution < -0.4 is 15.7 Å². The van der Waals surface area contributed by atoms with Gasteiger partial charge >= 0.3 is 5.63 Å². The smallest absolute Gasteiger partial charge is 0.349 e. The van der Waals surface area contributed by atoms with Crippen molar-refractivity contribution < 1.29 is 13.9 Å². The first-order valence-corrected chi connectivity index (χ1v) is 9.73. The van der Waals surface area contributed by atoms with Crippen LogP contribution >= 0.6 is 0 Å². The van der Waals surface area contributed by atoms with Gasteiger partial charge in [0.1, 0.15) is 5.56 Å². The number of carbonyl (C=O) groups excluding carboxylic acids is 1. The molecule has 3 aromatic carbocycles. The van der Waals surface area contributed by atoms with Crippen molar-refractivity contribution in [1.82, 2.24) is 4.98 Å².